The van der Waals surface area contributed by atoms with Crippen LogP contribution in [0.5, 0.6) is 0 Å². The Balaban J connectivity index is 1.69. The van der Waals surface area contributed by atoms with Gasteiger partial charge in [0.25, 0.3) is 5.56 Å². The van der Waals surface area contributed by atoms with Crippen molar-refractivity contribution >= 4 is 28.6 Å². The number of amides is 1. The van der Waals surface area contributed by atoms with E-state index in [9.17, 15) is 9.59 Å². The SMILES string of the molecule is Cc1cc(C)cc(-n2c(SC(C)C(=O)NCc3ccccc3)nc3ccccc3c2=O)c1. The predicted octanol–water partition coefficient (Wildman–Crippen LogP) is 4.80. The van der Waals surface area contributed by atoms with E-state index in [-0.39, 0.29) is 11.5 Å². The van der Waals surface area contributed by atoms with Crippen LogP contribution < -0.4 is 10.9 Å². The number of hydrogen-bond donors (Lipinski definition) is 1. The Labute approximate surface area is 191 Å². The number of carbonyl (C=O) groups excluding carboxylic acids is 1. The van der Waals surface area contributed by atoms with Crippen LogP contribution in [0.2, 0.25) is 0 Å². The molecule has 0 spiro atoms. The molecule has 0 aliphatic heterocycles. The molecule has 1 aromatic heterocycles. The number of rotatable bonds is 6. The average molecular weight is 444 g/mol. The summed E-state index contributed by atoms with van der Waals surface area (Å²) < 4.78 is 1.62. The number of nitrogens with zero attached hydrogens (tertiary/aromatic N) is 2. The lowest BCUT2D eigenvalue weighted by Crippen LogP contribution is -2.31. The summed E-state index contributed by atoms with van der Waals surface area (Å²) in [6.07, 6.45) is 0. The normalized spacial score (nSPS) is 12.0. The molecular weight excluding hydrogens is 418 g/mol. The molecule has 1 N–H and O–H groups in total. The third-order valence-electron chi connectivity index (χ3n) is 5.17. The molecule has 5 nitrogen and oxygen atoms in total. The summed E-state index contributed by atoms with van der Waals surface area (Å²) in [5.41, 5.74) is 4.39. The largest absolute Gasteiger partial charge is 0.351 e. The second kappa shape index (κ2) is 9.40. The summed E-state index contributed by atoms with van der Waals surface area (Å²) in [7, 11) is 0. The highest BCUT2D eigenvalue weighted by Gasteiger charge is 2.20. The first-order chi connectivity index (χ1) is 15.4. The van der Waals surface area contributed by atoms with Crippen molar-refractivity contribution in [2.45, 2.75) is 37.7 Å². The molecule has 3 aromatic carbocycles. The van der Waals surface area contributed by atoms with E-state index in [4.69, 9.17) is 4.98 Å². The maximum absolute atomic E-state index is 13.4. The molecule has 0 fully saturated rings. The molecule has 162 valence electrons. The van der Waals surface area contributed by atoms with Crippen LogP contribution in [0.4, 0.5) is 0 Å². The maximum atomic E-state index is 13.4. The second-order valence-corrected chi connectivity index (χ2v) is 9.17. The number of thioether (sulfide) groups is 1. The van der Waals surface area contributed by atoms with Crippen LogP contribution in [0.15, 0.2) is 82.7 Å². The number of fused-ring (bicyclic) bond motifs is 1. The Morgan fingerprint density at radius 3 is 2.38 bits per heavy atom. The molecule has 0 bridgehead atoms. The molecule has 0 saturated carbocycles. The molecule has 4 rings (SSSR count). The van der Waals surface area contributed by atoms with Crippen LogP contribution in [0.3, 0.4) is 0 Å². The second-order valence-electron chi connectivity index (χ2n) is 7.86. The van der Waals surface area contributed by atoms with E-state index in [0.29, 0.717) is 22.6 Å². The Hall–Kier alpha value is -3.38. The van der Waals surface area contributed by atoms with Crippen LogP contribution in [0.1, 0.15) is 23.6 Å². The van der Waals surface area contributed by atoms with E-state index < -0.39 is 5.25 Å². The smallest absolute Gasteiger partial charge is 0.266 e. The van der Waals surface area contributed by atoms with E-state index in [0.717, 1.165) is 22.4 Å². The van der Waals surface area contributed by atoms with Crippen LogP contribution in [-0.2, 0) is 11.3 Å². The van der Waals surface area contributed by atoms with E-state index in [1.807, 2.05) is 81.4 Å². The molecule has 0 aliphatic carbocycles. The fraction of sp³-hybridized carbons (Fsp3) is 0.192. The Morgan fingerprint density at radius 2 is 1.66 bits per heavy atom. The fourth-order valence-electron chi connectivity index (χ4n) is 3.64. The fourth-order valence-corrected chi connectivity index (χ4v) is 4.59. The van der Waals surface area contributed by atoms with Crippen LogP contribution in [-0.4, -0.2) is 20.7 Å². The number of hydrogen-bond acceptors (Lipinski definition) is 4. The zero-order valence-corrected chi connectivity index (χ0v) is 19.1. The third kappa shape index (κ3) is 4.75. The van der Waals surface area contributed by atoms with Crippen molar-refractivity contribution in [2.24, 2.45) is 0 Å². The molecule has 6 heteroatoms. The van der Waals surface area contributed by atoms with E-state index in [1.54, 1.807) is 10.6 Å². The van der Waals surface area contributed by atoms with Crippen molar-refractivity contribution < 1.29 is 4.79 Å². The van der Waals surface area contributed by atoms with Crippen LogP contribution >= 0.6 is 11.8 Å². The van der Waals surface area contributed by atoms with Crippen LogP contribution in [0, 0.1) is 13.8 Å². The highest BCUT2D eigenvalue weighted by Crippen LogP contribution is 2.26. The third-order valence-corrected chi connectivity index (χ3v) is 6.22. The van der Waals surface area contributed by atoms with Gasteiger partial charge in [-0.15, -0.1) is 0 Å². The molecule has 32 heavy (non-hydrogen) atoms. The minimum absolute atomic E-state index is 0.103. The van der Waals surface area contributed by atoms with Gasteiger partial charge in [0.05, 0.1) is 21.8 Å². The van der Waals surface area contributed by atoms with Gasteiger partial charge in [0.15, 0.2) is 5.16 Å². The number of benzene rings is 3. The van der Waals surface area contributed by atoms with Gasteiger partial charge in [-0.1, -0.05) is 60.3 Å². The Kier molecular flexibility index (Phi) is 6.42. The zero-order valence-electron chi connectivity index (χ0n) is 18.3. The minimum Gasteiger partial charge on any atom is -0.351 e. The summed E-state index contributed by atoms with van der Waals surface area (Å²) in [6, 6.07) is 23.1. The summed E-state index contributed by atoms with van der Waals surface area (Å²) >= 11 is 1.29. The molecular formula is C26H25N3O2S. The average Bonchev–Trinajstić information content (AvgIpc) is 2.77. The minimum atomic E-state index is -0.427. The molecule has 1 atom stereocenters. The molecule has 1 unspecified atom stereocenters. The number of aryl methyl sites for hydroxylation is 2. The molecule has 1 heterocycles. The van der Waals surface area contributed by atoms with Gasteiger partial charge >= 0.3 is 0 Å². The van der Waals surface area contributed by atoms with Gasteiger partial charge in [-0.2, -0.15) is 0 Å². The van der Waals surface area contributed by atoms with Gasteiger partial charge in [-0.3, -0.25) is 14.2 Å². The van der Waals surface area contributed by atoms with Crippen molar-refractivity contribution in [3.8, 4) is 5.69 Å². The summed E-state index contributed by atoms with van der Waals surface area (Å²) in [5, 5.41) is 3.60. The molecule has 0 aliphatic rings. The molecule has 1 amide bonds. The van der Waals surface area contributed by atoms with Crippen molar-refractivity contribution in [1.82, 2.24) is 14.9 Å². The van der Waals surface area contributed by atoms with Gasteiger partial charge in [-0.25, -0.2) is 4.98 Å². The van der Waals surface area contributed by atoms with Gasteiger partial charge in [-0.05, 0) is 61.7 Å². The van der Waals surface area contributed by atoms with Crippen molar-refractivity contribution in [3.05, 3.63) is 99.8 Å². The highest BCUT2D eigenvalue weighted by atomic mass is 32.2. The van der Waals surface area contributed by atoms with Crippen LogP contribution in [0.25, 0.3) is 16.6 Å². The van der Waals surface area contributed by atoms with Gasteiger partial charge in [0, 0.05) is 6.54 Å². The standard InChI is InChI=1S/C26H25N3O2S/c1-17-13-18(2)15-21(14-17)29-25(31)22-11-7-8-12-23(22)28-26(29)32-19(3)24(30)27-16-20-9-5-4-6-10-20/h4-15,19H,16H2,1-3H3,(H,27,30). The van der Waals surface area contributed by atoms with Crippen molar-refractivity contribution in [2.75, 3.05) is 0 Å². The Bertz CT molecular complexity index is 1310. The van der Waals surface area contributed by atoms with E-state index in [1.165, 1.54) is 11.8 Å². The highest BCUT2D eigenvalue weighted by molar-refractivity contribution is 8.00. The lowest BCUT2D eigenvalue weighted by molar-refractivity contribution is -0.120. The summed E-state index contributed by atoms with van der Waals surface area (Å²) in [5.74, 6) is -0.103. The number of para-hydroxylation sites is 1. The molecule has 0 saturated heterocycles. The Morgan fingerprint density at radius 1 is 1.00 bits per heavy atom. The molecule has 4 aromatic rings. The zero-order chi connectivity index (χ0) is 22.7. The van der Waals surface area contributed by atoms with Gasteiger partial charge in [0.1, 0.15) is 0 Å². The quantitative estimate of drug-likeness (QED) is 0.343. The van der Waals surface area contributed by atoms with E-state index >= 15 is 0 Å². The van der Waals surface area contributed by atoms with Gasteiger partial charge in [0.2, 0.25) is 5.91 Å². The number of aromatic nitrogens is 2. The van der Waals surface area contributed by atoms with Gasteiger partial charge < -0.3 is 5.32 Å². The van der Waals surface area contributed by atoms with E-state index in [2.05, 4.69) is 11.4 Å². The molecule has 0 radical (unpaired) electrons. The topological polar surface area (TPSA) is 64.0 Å². The summed E-state index contributed by atoms with van der Waals surface area (Å²) in [6.45, 7) is 6.29. The summed E-state index contributed by atoms with van der Waals surface area (Å²) in [4.78, 5) is 31.0. The first kappa shape index (κ1) is 21.8. The first-order valence-electron chi connectivity index (χ1n) is 10.5. The van der Waals surface area contributed by atoms with Crippen molar-refractivity contribution in [1.29, 1.82) is 0 Å². The lowest BCUT2D eigenvalue weighted by atomic mass is 10.1. The first-order valence-corrected chi connectivity index (χ1v) is 11.4. The predicted molar refractivity (Wildman–Crippen MR) is 130 cm³/mol. The maximum Gasteiger partial charge on any atom is 0.266 e. The van der Waals surface area contributed by atoms with Crippen molar-refractivity contribution in [3.63, 3.8) is 0 Å². The monoisotopic (exact) mass is 443 g/mol. The number of carbonyl (C=O) groups is 1. The number of nitrogens with one attached hydrogen (secondary N) is 1. The lowest BCUT2D eigenvalue weighted by Gasteiger charge is -2.17.